The lowest BCUT2D eigenvalue weighted by Gasteiger charge is -2.29. The molecular formula is C30H30N8O3S2. The molecule has 43 heavy (non-hydrogen) atoms. The molecule has 0 aliphatic carbocycles. The molecule has 1 aromatic carbocycles. The predicted octanol–water partition coefficient (Wildman–Crippen LogP) is 4.18. The number of piperazine rings is 1. The van der Waals surface area contributed by atoms with Crippen LogP contribution in [0.4, 0.5) is 17.3 Å². The largest absolute Gasteiger partial charge is 0.381 e. The van der Waals surface area contributed by atoms with Gasteiger partial charge in [0, 0.05) is 79.8 Å². The molecule has 0 bridgehead atoms. The van der Waals surface area contributed by atoms with E-state index < -0.39 is 0 Å². The highest BCUT2D eigenvalue weighted by molar-refractivity contribution is 7.14. The Balaban J connectivity index is 1.25. The van der Waals surface area contributed by atoms with E-state index >= 15 is 0 Å². The number of rotatable bonds is 8. The van der Waals surface area contributed by atoms with Gasteiger partial charge in [0.1, 0.15) is 16.3 Å². The van der Waals surface area contributed by atoms with Gasteiger partial charge in [0.15, 0.2) is 5.78 Å². The van der Waals surface area contributed by atoms with Crippen molar-refractivity contribution in [3.63, 3.8) is 0 Å². The van der Waals surface area contributed by atoms with Gasteiger partial charge < -0.3 is 20.3 Å². The third-order valence-corrected chi connectivity index (χ3v) is 9.47. The number of hydrogen-bond donors (Lipinski definition) is 2. The van der Waals surface area contributed by atoms with Crippen LogP contribution >= 0.6 is 22.7 Å². The molecule has 220 valence electrons. The number of thiazole rings is 2. The second-order valence-electron chi connectivity index (χ2n) is 10.5. The minimum atomic E-state index is -0.368. The monoisotopic (exact) mass is 614 g/mol. The van der Waals surface area contributed by atoms with Gasteiger partial charge in [-0.05, 0) is 43.2 Å². The van der Waals surface area contributed by atoms with Crippen LogP contribution in [0, 0.1) is 5.92 Å². The highest BCUT2D eigenvalue weighted by atomic mass is 32.1. The molecule has 2 aliphatic rings. The van der Waals surface area contributed by atoms with Crippen LogP contribution in [0.15, 0.2) is 58.4 Å². The number of aromatic nitrogens is 5. The molecular weight excluding hydrogens is 585 g/mol. The number of carbonyl (C=O) groups excluding carboxylic acids is 1. The van der Waals surface area contributed by atoms with Gasteiger partial charge in [-0.15, -0.1) is 22.7 Å². The van der Waals surface area contributed by atoms with Gasteiger partial charge in [0.25, 0.3) is 5.56 Å². The summed E-state index contributed by atoms with van der Waals surface area (Å²) in [6.45, 7) is 5.14. The predicted molar refractivity (Wildman–Crippen MR) is 169 cm³/mol. The normalized spacial score (nSPS) is 16.0. The Bertz CT molecular complexity index is 1790. The van der Waals surface area contributed by atoms with Crippen LogP contribution in [0.2, 0.25) is 0 Å². The first-order valence-electron chi connectivity index (χ1n) is 14.3. The third kappa shape index (κ3) is 5.80. The minimum Gasteiger partial charge on any atom is -0.381 e. The lowest BCUT2D eigenvalue weighted by molar-refractivity contribution is 0.0543. The van der Waals surface area contributed by atoms with E-state index in [4.69, 9.17) is 9.72 Å². The zero-order chi connectivity index (χ0) is 29.2. The van der Waals surface area contributed by atoms with Gasteiger partial charge in [-0.25, -0.2) is 15.0 Å². The fraction of sp³-hybridized carbons (Fsp3) is 0.333. The number of nitrogens with one attached hydrogen (secondary N) is 2. The van der Waals surface area contributed by atoms with E-state index in [-0.39, 0.29) is 29.4 Å². The van der Waals surface area contributed by atoms with Crippen LogP contribution in [0.3, 0.4) is 0 Å². The first-order chi connectivity index (χ1) is 21.1. The van der Waals surface area contributed by atoms with Crippen molar-refractivity contribution in [1.82, 2.24) is 29.8 Å². The van der Waals surface area contributed by atoms with Gasteiger partial charge in [-0.3, -0.25) is 14.2 Å². The van der Waals surface area contributed by atoms with Gasteiger partial charge in [0.05, 0.1) is 22.5 Å². The summed E-state index contributed by atoms with van der Waals surface area (Å²) < 4.78 is 7.03. The summed E-state index contributed by atoms with van der Waals surface area (Å²) >= 11 is 2.94. The SMILES string of the molecule is O=C(c1cc2cnc(Nc3ccc(N4CCNCC4)cc3)nc2n(Cc2scnc2-c2nccs2)c1=O)C1CCOCC1. The Morgan fingerprint density at radius 1 is 1.07 bits per heavy atom. The van der Waals surface area contributed by atoms with Crippen molar-refractivity contribution in [3.05, 3.63) is 74.4 Å². The Labute approximate surface area is 255 Å². The van der Waals surface area contributed by atoms with E-state index in [2.05, 4.69) is 42.6 Å². The van der Waals surface area contributed by atoms with Crippen LogP contribution < -0.4 is 21.1 Å². The number of fused-ring (bicyclic) bond motifs is 1. The molecule has 0 saturated carbocycles. The zero-order valence-electron chi connectivity index (χ0n) is 23.4. The average molecular weight is 615 g/mol. The first-order valence-corrected chi connectivity index (χ1v) is 16.1. The molecule has 4 aromatic heterocycles. The number of anilines is 3. The molecule has 2 saturated heterocycles. The molecule has 11 nitrogen and oxygen atoms in total. The van der Waals surface area contributed by atoms with Crippen LogP contribution in [0.1, 0.15) is 28.1 Å². The molecule has 7 rings (SSSR count). The molecule has 0 spiro atoms. The van der Waals surface area contributed by atoms with E-state index in [1.165, 1.54) is 28.4 Å². The van der Waals surface area contributed by atoms with Crippen molar-refractivity contribution in [2.75, 3.05) is 49.6 Å². The fourth-order valence-corrected chi connectivity index (χ4v) is 7.05. The van der Waals surface area contributed by atoms with Crippen LogP contribution in [0.5, 0.6) is 0 Å². The van der Waals surface area contributed by atoms with Crippen molar-refractivity contribution >= 4 is 56.8 Å². The van der Waals surface area contributed by atoms with E-state index in [1.807, 2.05) is 17.5 Å². The van der Waals surface area contributed by atoms with E-state index in [0.29, 0.717) is 43.0 Å². The number of ketones is 1. The Hall–Kier alpha value is -4.04. The van der Waals surface area contributed by atoms with E-state index in [0.717, 1.165) is 47.4 Å². The molecule has 2 aliphatic heterocycles. The third-order valence-electron chi connectivity index (χ3n) is 7.87. The van der Waals surface area contributed by atoms with Crippen molar-refractivity contribution in [1.29, 1.82) is 0 Å². The maximum atomic E-state index is 14.0. The molecule has 5 aromatic rings. The highest BCUT2D eigenvalue weighted by Crippen LogP contribution is 2.29. The summed E-state index contributed by atoms with van der Waals surface area (Å²) in [5, 5.41) is 9.96. The smallest absolute Gasteiger partial charge is 0.263 e. The quantitative estimate of drug-likeness (QED) is 0.246. The number of carbonyl (C=O) groups is 1. The van der Waals surface area contributed by atoms with Crippen molar-refractivity contribution in [2.45, 2.75) is 19.4 Å². The Kier molecular flexibility index (Phi) is 7.94. The van der Waals surface area contributed by atoms with Gasteiger partial charge >= 0.3 is 0 Å². The summed E-state index contributed by atoms with van der Waals surface area (Å²) in [6, 6.07) is 9.83. The molecule has 13 heteroatoms. The summed E-state index contributed by atoms with van der Waals surface area (Å²) in [6.07, 6.45) is 4.61. The van der Waals surface area contributed by atoms with Gasteiger partial charge in [-0.2, -0.15) is 4.98 Å². The maximum Gasteiger partial charge on any atom is 0.263 e. The zero-order valence-corrected chi connectivity index (χ0v) is 25.0. The summed E-state index contributed by atoms with van der Waals surface area (Å²) in [4.78, 5) is 49.1. The number of Topliss-reactive ketones (excluding diaryl/α,β-unsaturated/α-hetero) is 1. The summed E-state index contributed by atoms with van der Waals surface area (Å²) in [5.41, 5.74) is 4.73. The van der Waals surface area contributed by atoms with E-state index in [1.54, 1.807) is 28.5 Å². The standard InChI is InChI=1S/C30H30N8O3S2/c39-26(19-5-12-41-13-6-19)23-15-20-16-33-30(35-21-1-3-22(4-2-21)37-10-7-31-8-11-37)36-27(20)38(29(23)40)17-24-25(34-18-43-24)28-32-9-14-42-28/h1-4,9,14-16,18-19,31H,5-8,10-13,17H2,(H,33,35,36). The highest BCUT2D eigenvalue weighted by Gasteiger charge is 2.27. The molecule has 0 atom stereocenters. The van der Waals surface area contributed by atoms with Crippen LogP contribution in [0.25, 0.3) is 21.7 Å². The van der Waals surface area contributed by atoms with Gasteiger partial charge in [-0.1, -0.05) is 0 Å². The molecule has 0 amide bonds. The topological polar surface area (TPSA) is 127 Å². The molecule has 0 unspecified atom stereocenters. The number of hydrogen-bond acceptors (Lipinski definition) is 12. The second kappa shape index (κ2) is 12.3. The number of nitrogens with zero attached hydrogens (tertiary/aromatic N) is 6. The second-order valence-corrected chi connectivity index (χ2v) is 12.4. The average Bonchev–Trinajstić information content (AvgIpc) is 3.76. The molecule has 2 N–H and O–H groups in total. The van der Waals surface area contributed by atoms with Crippen molar-refractivity contribution in [2.24, 2.45) is 5.92 Å². The van der Waals surface area contributed by atoms with Crippen molar-refractivity contribution in [3.8, 4) is 10.7 Å². The minimum absolute atomic E-state index is 0.153. The Morgan fingerprint density at radius 3 is 2.65 bits per heavy atom. The van der Waals surface area contributed by atoms with E-state index in [9.17, 15) is 9.59 Å². The maximum absolute atomic E-state index is 14.0. The fourth-order valence-electron chi connectivity index (χ4n) is 5.57. The van der Waals surface area contributed by atoms with Crippen LogP contribution in [-0.2, 0) is 11.3 Å². The number of ether oxygens (including phenoxy) is 1. The number of pyridine rings is 1. The van der Waals surface area contributed by atoms with Gasteiger partial charge in [0.2, 0.25) is 5.95 Å². The molecule has 0 radical (unpaired) electrons. The molecule has 6 heterocycles. The van der Waals surface area contributed by atoms with Crippen LogP contribution in [-0.4, -0.2) is 69.7 Å². The van der Waals surface area contributed by atoms with Crippen molar-refractivity contribution < 1.29 is 9.53 Å². The number of benzene rings is 1. The lowest BCUT2D eigenvalue weighted by Crippen LogP contribution is -2.43. The summed E-state index contributed by atoms with van der Waals surface area (Å²) in [7, 11) is 0. The lowest BCUT2D eigenvalue weighted by atomic mass is 9.91. The summed E-state index contributed by atoms with van der Waals surface area (Å²) in [5.74, 6) is -0.0311. The first kappa shape index (κ1) is 27.8. The Morgan fingerprint density at radius 2 is 1.88 bits per heavy atom. The molecule has 2 fully saturated rings.